The molecule has 98 valence electrons. The fourth-order valence-electron chi connectivity index (χ4n) is 1.20. The van der Waals surface area contributed by atoms with Crippen LogP contribution in [0.2, 0.25) is 0 Å². The molecule has 0 aliphatic rings. The zero-order chi connectivity index (χ0) is 13.6. The van der Waals surface area contributed by atoms with Gasteiger partial charge in [-0.2, -0.15) is 13.1 Å². The number of benzene rings is 1. The lowest BCUT2D eigenvalue weighted by Crippen LogP contribution is -2.29. The Morgan fingerprint density at radius 1 is 1.44 bits per heavy atom. The van der Waals surface area contributed by atoms with Gasteiger partial charge in [-0.1, -0.05) is 18.8 Å². The van der Waals surface area contributed by atoms with E-state index in [-0.39, 0.29) is 17.8 Å². The summed E-state index contributed by atoms with van der Waals surface area (Å²) in [6.07, 6.45) is 0. The lowest BCUT2D eigenvalue weighted by Gasteiger charge is -2.08. The van der Waals surface area contributed by atoms with Crippen LogP contribution in [-0.4, -0.2) is 26.7 Å². The van der Waals surface area contributed by atoms with Gasteiger partial charge in [0, 0.05) is 6.54 Å². The van der Waals surface area contributed by atoms with E-state index < -0.39 is 22.6 Å². The second-order valence-electron chi connectivity index (χ2n) is 3.26. The minimum absolute atomic E-state index is 0.0146. The zero-order valence-corrected chi connectivity index (χ0v) is 10.5. The number of halogens is 1. The Balaban J connectivity index is 2.99. The summed E-state index contributed by atoms with van der Waals surface area (Å²) >= 11 is 0. The highest BCUT2D eigenvalue weighted by atomic mass is 32.2. The highest BCUT2D eigenvalue weighted by Gasteiger charge is 2.09. The molecule has 5 nitrogen and oxygen atoms in total. The molecule has 0 aromatic heterocycles. The molecular weight excluding hydrogens is 259 g/mol. The topological polar surface area (TPSA) is 78.4 Å². The third-order valence-electron chi connectivity index (χ3n) is 1.86. The van der Waals surface area contributed by atoms with Crippen LogP contribution in [0.5, 0.6) is 0 Å². The molecule has 0 atom stereocenters. The first-order valence-corrected chi connectivity index (χ1v) is 6.63. The lowest BCUT2D eigenvalue weighted by atomic mass is 10.2. The van der Waals surface area contributed by atoms with Crippen LogP contribution in [0.25, 0.3) is 0 Å². The van der Waals surface area contributed by atoms with E-state index in [1.54, 1.807) is 6.92 Å². The van der Waals surface area contributed by atoms with Gasteiger partial charge in [-0.25, -0.2) is 4.39 Å². The Kier molecular flexibility index (Phi) is 5.09. The Labute approximate surface area is 105 Å². The van der Waals surface area contributed by atoms with Crippen molar-refractivity contribution in [2.75, 3.05) is 17.9 Å². The summed E-state index contributed by atoms with van der Waals surface area (Å²) in [5.41, 5.74) is 0.209. The van der Waals surface area contributed by atoms with Gasteiger partial charge in [-0.3, -0.25) is 4.72 Å². The molecule has 0 aliphatic heterocycles. The molecule has 0 amide bonds. The minimum atomic E-state index is -3.65. The first-order valence-electron chi connectivity index (χ1n) is 5.15. The van der Waals surface area contributed by atoms with Gasteiger partial charge < -0.3 is 5.11 Å². The SMILES string of the molecule is CCNS(=O)(=O)Nc1ccc(F)c(C#CCO)c1. The zero-order valence-electron chi connectivity index (χ0n) is 9.70. The molecular formula is C11H13FN2O3S. The average molecular weight is 272 g/mol. The van der Waals surface area contributed by atoms with Gasteiger partial charge in [0.25, 0.3) is 10.2 Å². The quantitative estimate of drug-likeness (QED) is 0.696. The lowest BCUT2D eigenvalue weighted by molar-refractivity contribution is 0.350. The van der Waals surface area contributed by atoms with Crippen molar-refractivity contribution in [1.82, 2.24) is 4.72 Å². The summed E-state index contributed by atoms with van der Waals surface area (Å²) in [5.74, 6) is 4.10. The van der Waals surface area contributed by atoms with Crippen LogP contribution in [0.15, 0.2) is 18.2 Å². The highest BCUT2D eigenvalue weighted by molar-refractivity contribution is 7.90. The fraction of sp³-hybridized carbons (Fsp3) is 0.273. The number of aliphatic hydroxyl groups is 1. The van der Waals surface area contributed by atoms with E-state index in [2.05, 4.69) is 21.3 Å². The van der Waals surface area contributed by atoms with Gasteiger partial charge in [-0.05, 0) is 18.2 Å². The smallest absolute Gasteiger partial charge is 0.299 e. The molecule has 7 heteroatoms. The van der Waals surface area contributed by atoms with Gasteiger partial charge in [0.2, 0.25) is 0 Å². The summed E-state index contributed by atoms with van der Waals surface area (Å²) in [6.45, 7) is 1.49. The van der Waals surface area contributed by atoms with Crippen LogP contribution < -0.4 is 9.44 Å². The molecule has 0 fully saturated rings. The molecule has 3 N–H and O–H groups in total. The monoisotopic (exact) mass is 272 g/mol. The maximum atomic E-state index is 13.3. The molecule has 0 bridgehead atoms. The van der Waals surface area contributed by atoms with E-state index in [1.807, 2.05) is 0 Å². The summed E-state index contributed by atoms with van der Waals surface area (Å²) in [4.78, 5) is 0. The van der Waals surface area contributed by atoms with E-state index in [0.717, 1.165) is 6.07 Å². The Hall–Kier alpha value is -1.62. The minimum Gasteiger partial charge on any atom is -0.384 e. The Morgan fingerprint density at radius 3 is 2.78 bits per heavy atom. The van der Waals surface area contributed by atoms with Crippen LogP contribution in [0.3, 0.4) is 0 Å². The van der Waals surface area contributed by atoms with E-state index in [1.165, 1.54) is 12.1 Å². The molecule has 0 heterocycles. The van der Waals surface area contributed by atoms with Gasteiger partial charge in [-0.15, -0.1) is 0 Å². The van der Waals surface area contributed by atoms with Crippen LogP contribution in [-0.2, 0) is 10.2 Å². The molecule has 0 saturated heterocycles. The van der Waals surface area contributed by atoms with Crippen LogP contribution in [0.4, 0.5) is 10.1 Å². The predicted molar refractivity (Wildman–Crippen MR) is 66.6 cm³/mol. The standard InChI is InChI=1S/C11H13FN2O3S/c1-2-13-18(16,17)14-10-5-6-11(12)9(8-10)4-3-7-15/h5-6,8,13-15H,2,7H2,1H3. The second kappa shape index (κ2) is 6.35. The average Bonchev–Trinajstić information content (AvgIpc) is 2.29. The van der Waals surface area contributed by atoms with E-state index in [4.69, 9.17) is 5.11 Å². The number of hydrogen-bond acceptors (Lipinski definition) is 3. The number of hydrogen-bond donors (Lipinski definition) is 3. The van der Waals surface area contributed by atoms with Crippen molar-refractivity contribution < 1.29 is 17.9 Å². The van der Waals surface area contributed by atoms with Gasteiger partial charge in [0.1, 0.15) is 12.4 Å². The molecule has 1 aromatic carbocycles. The van der Waals surface area contributed by atoms with Gasteiger partial charge in [0.15, 0.2) is 0 Å². The third kappa shape index (κ3) is 4.33. The first-order chi connectivity index (χ1) is 8.48. The molecule has 0 spiro atoms. The molecule has 18 heavy (non-hydrogen) atoms. The van der Waals surface area contributed by atoms with Crippen molar-refractivity contribution in [3.05, 3.63) is 29.6 Å². The van der Waals surface area contributed by atoms with Crippen LogP contribution in [0, 0.1) is 17.7 Å². The number of aliphatic hydroxyl groups excluding tert-OH is 1. The van der Waals surface area contributed by atoms with E-state index in [9.17, 15) is 12.8 Å². The van der Waals surface area contributed by atoms with Crippen molar-refractivity contribution >= 4 is 15.9 Å². The molecule has 1 rings (SSSR count). The summed E-state index contributed by atoms with van der Waals surface area (Å²) in [5, 5.41) is 8.53. The van der Waals surface area contributed by atoms with Crippen molar-refractivity contribution in [3.63, 3.8) is 0 Å². The molecule has 1 aromatic rings. The Morgan fingerprint density at radius 2 is 2.17 bits per heavy atom. The van der Waals surface area contributed by atoms with Gasteiger partial charge in [0.05, 0.1) is 11.3 Å². The van der Waals surface area contributed by atoms with Crippen LogP contribution in [0.1, 0.15) is 12.5 Å². The van der Waals surface area contributed by atoms with Crippen molar-refractivity contribution in [1.29, 1.82) is 0 Å². The number of anilines is 1. The van der Waals surface area contributed by atoms with Crippen molar-refractivity contribution in [3.8, 4) is 11.8 Å². The maximum absolute atomic E-state index is 13.3. The fourth-order valence-corrected chi connectivity index (χ4v) is 2.09. The first kappa shape index (κ1) is 14.4. The maximum Gasteiger partial charge on any atom is 0.299 e. The predicted octanol–water partition coefficient (Wildman–Crippen LogP) is 0.436. The molecule has 0 unspecified atom stereocenters. The normalized spacial score (nSPS) is 10.6. The van der Waals surface area contributed by atoms with E-state index in [0.29, 0.717) is 0 Å². The highest BCUT2D eigenvalue weighted by Crippen LogP contribution is 2.14. The van der Waals surface area contributed by atoms with Crippen LogP contribution >= 0.6 is 0 Å². The molecule has 0 aliphatic carbocycles. The number of nitrogens with one attached hydrogen (secondary N) is 2. The largest absolute Gasteiger partial charge is 0.384 e. The van der Waals surface area contributed by atoms with Crippen molar-refractivity contribution in [2.45, 2.75) is 6.92 Å². The summed E-state index contributed by atoms with van der Waals surface area (Å²) in [6, 6.07) is 3.65. The summed E-state index contributed by atoms with van der Waals surface area (Å²) in [7, 11) is -3.65. The Bertz CT molecular complexity index is 576. The molecule has 0 radical (unpaired) electrons. The van der Waals surface area contributed by atoms with E-state index >= 15 is 0 Å². The summed E-state index contributed by atoms with van der Waals surface area (Å²) < 4.78 is 40.6. The third-order valence-corrected chi connectivity index (χ3v) is 3.03. The molecule has 0 saturated carbocycles. The number of rotatable bonds is 4. The second-order valence-corrected chi connectivity index (χ2v) is 4.76. The van der Waals surface area contributed by atoms with Crippen molar-refractivity contribution in [2.24, 2.45) is 0 Å². The van der Waals surface area contributed by atoms with Gasteiger partial charge >= 0.3 is 0 Å².